The van der Waals surface area contributed by atoms with Gasteiger partial charge in [0.15, 0.2) is 0 Å². The summed E-state index contributed by atoms with van der Waals surface area (Å²) in [6.45, 7) is 2.16. The van der Waals surface area contributed by atoms with E-state index in [1.165, 1.54) is 0 Å². The molecule has 3 heteroatoms. The first-order valence-electron chi connectivity index (χ1n) is 4.62. The number of carbonyl (C=O) groups is 1. The Morgan fingerprint density at radius 3 is 2.67 bits per heavy atom. The van der Waals surface area contributed by atoms with E-state index in [0.29, 0.717) is 11.6 Å². The van der Waals surface area contributed by atoms with Gasteiger partial charge < -0.3 is 4.74 Å². The number of hydrogen-bond acceptors (Lipinski definition) is 2. The smallest absolute Gasteiger partial charge is 0.317 e. The first kappa shape index (κ1) is 11.6. The predicted molar refractivity (Wildman–Crippen MR) is 59.6 cm³/mol. The van der Waals surface area contributed by atoms with Crippen molar-refractivity contribution in [3.8, 4) is 11.8 Å². The lowest BCUT2D eigenvalue weighted by atomic mass is 10.2. The average molecular weight is 223 g/mol. The Morgan fingerprint density at radius 2 is 2.07 bits per heavy atom. The molecule has 0 radical (unpaired) electrons. The summed E-state index contributed by atoms with van der Waals surface area (Å²) in [5.74, 6) is 5.30. The van der Waals surface area contributed by atoms with Crippen molar-refractivity contribution in [1.29, 1.82) is 0 Å². The summed E-state index contributed by atoms with van der Waals surface area (Å²) < 4.78 is 4.74. The summed E-state index contributed by atoms with van der Waals surface area (Å²) in [7, 11) is 0. The summed E-state index contributed by atoms with van der Waals surface area (Å²) in [4.78, 5) is 10.9. The molecule has 1 rings (SSSR count). The van der Waals surface area contributed by atoms with Gasteiger partial charge in [-0.15, -0.1) is 0 Å². The minimum atomic E-state index is -0.293. The molecule has 1 aromatic carbocycles. The van der Waals surface area contributed by atoms with Crippen LogP contribution in [0.1, 0.15) is 18.9 Å². The highest BCUT2D eigenvalue weighted by Crippen LogP contribution is 2.08. The standard InChI is InChI=1S/C12H11ClO2/c1-2-15-12(14)5-3-4-10-6-8-11(13)9-7-10/h6-9H,2,5H2,1H3. The molecule has 0 aromatic heterocycles. The highest BCUT2D eigenvalue weighted by Gasteiger charge is 1.95. The van der Waals surface area contributed by atoms with Crippen LogP contribution in [0.2, 0.25) is 5.02 Å². The SMILES string of the molecule is CCOC(=O)CC#Cc1ccc(Cl)cc1. The Hall–Kier alpha value is -1.46. The van der Waals surface area contributed by atoms with Crippen LogP contribution in [0, 0.1) is 11.8 Å². The third-order valence-corrected chi connectivity index (χ3v) is 1.87. The second-order valence-electron chi connectivity index (χ2n) is 2.79. The second kappa shape index (κ2) is 6.10. The summed E-state index contributed by atoms with van der Waals surface area (Å²) in [6.07, 6.45) is 0.121. The van der Waals surface area contributed by atoms with Crippen LogP contribution in [-0.2, 0) is 9.53 Å². The minimum Gasteiger partial charge on any atom is -0.465 e. The van der Waals surface area contributed by atoms with E-state index in [-0.39, 0.29) is 12.4 Å². The predicted octanol–water partition coefficient (Wildman–Crippen LogP) is 2.64. The molecule has 0 heterocycles. The maximum Gasteiger partial charge on any atom is 0.317 e. The lowest BCUT2D eigenvalue weighted by Gasteiger charge is -1.94. The van der Waals surface area contributed by atoms with E-state index >= 15 is 0 Å². The van der Waals surface area contributed by atoms with Crippen LogP contribution >= 0.6 is 11.6 Å². The molecule has 0 aliphatic heterocycles. The molecule has 15 heavy (non-hydrogen) atoms. The van der Waals surface area contributed by atoms with Crippen LogP contribution in [0.15, 0.2) is 24.3 Å². The van der Waals surface area contributed by atoms with Gasteiger partial charge in [0.25, 0.3) is 0 Å². The molecular weight excluding hydrogens is 212 g/mol. The third-order valence-electron chi connectivity index (χ3n) is 1.61. The molecule has 0 bridgehead atoms. The van der Waals surface area contributed by atoms with Crippen molar-refractivity contribution in [2.24, 2.45) is 0 Å². The number of hydrogen-bond donors (Lipinski definition) is 0. The van der Waals surface area contributed by atoms with Crippen LogP contribution < -0.4 is 0 Å². The van der Waals surface area contributed by atoms with Crippen LogP contribution in [0.4, 0.5) is 0 Å². The molecule has 0 spiro atoms. The highest BCUT2D eigenvalue weighted by molar-refractivity contribution is 6.30. The quantitative estimate of drug-likeness (QED) is 0.568. The van der Waals surface area contributed by atoms with E-state index in [4.69, 9.17) is 16.3 Å². The molecule has 0 aliphatic rings. The largest absolute Gasteiger partial charge is 0.465 e. The average Bonchev–Trinajstić information content (AvgIpc) is 2.21. The zero-order valence-electron chi connectivity index (χ0n) is 8.42. The maximum atomic E-state index is 10.9. The van der Waals surface area contributed by atoms with Crippen molar-refractivity contribution in [3.63, 3.8) is 0 Å². The van der Waals surface area contributed by atoms with Crippen LogP contribution in [0.25, 0.3) is 0 Å². The molecule has 0 aliphatic carbocycles. The van der Waals surface area contributed by atoms with Gasteiger partial charge in [0.05, 0.1) is 6.61 Å². The summed E-state index contributed by atoms with van der Waals surface area (Å²) >= 11 is 5.72. The summed E-state index contributed by atoms with van der Waals surface area (Å²) in [5, 5.41) is 0.672. The van der Waals surface area contributed by atoms with Crippen molar-refractivity contribution < 1.29 is 9.53 Å². The Labute approximate surface area is 94.2 Å². The molecule has 2 nitrogen and oxygen atoms in total. The topological polar surface area (TPSA) is 26.3 Å². The molecule has 0 atom stereocenters. The van der Waals surface area contributed by atoms with E-state index in [0.717, 1.165) is 5.56 Å². The number of esters is 1. The van der Waals surface area contributed by atoms with Crippen LogP contribution in [0.3, 0.4) is 0 Å². The van der Waals surface area contributed by atoms with Gasteiger partial charge in [0.2, 0.25) is 0 Å². The highest BCUT2D eigenvalue weighted by atomic mass is 35.5. The molecule has 0 saturated heterocycles. The van der Waals surface area contributed by atoms with E-state index in [1.807, 2.05) is 0 Å². The van der Waals surface area contributed by atoms with E-state index in [9.17, 15) is 4.79 Å². The van der Waals surface area contributed by atoms with Crippen molar-refractivity contribution in [3.05, 3.63) is 34.9 Å². The van der Waals surface area contributed by atoms with Crippen molar-refractivity contribution in [2.75, 3.05) is 6.61 Å². The van der Waals surface area contributed by atoms with Gasteiger partial charge in [-0.25, -0.2) is 0 Å². The van der Waals surface area contributed by atoms with Gasteiger partial charge in [0.1, 0.15) is 6.42 Å². The fourth-order valence-electron chi connectivity index (χ4n) is 0.964. The van der Waals surface area contributed by atoms with Crippen molar-refractivity contribution in [1.82, 2.24) is 0 Å². The lowest BCUT2D eigenvalue weighted by Crippen LogP contribution is -2.01. The minimum absolute atomic E-state index is 0.121. The van der Waals surface area contributed by atoms with Gasteiger partial charge in [-0.2, -0.15) is 0 Å². The van der Waals surface area contributed by atoms with Gasteiger partial charge in [-0.3, -0.25) is 4.79 Å². The van der Waals surface area contributed by atoms with Crippen molar-refractivity contribution >= 4 is 17.6 Å². The normalized spacial score (nSPS) is 8.93. The molecule has 1 aromatic rings. The molecule has 0 N–H and O–H groups in total. The lowest BCUT2D eigenvalue weighted by molar-refractivity contribution is -0.141. The Bertz CT molecular complexity index is 384. The van der Waals surface area contributed by atoms with E-state index in [2.05, 4.69) is 11.8 Å². The molecule has 78 valence electrons. The summed E-state index contributed by atoms with van der Waals surface area (Å²) in [6, 6.07) is 7.13. The zero-order chi connectivity index (χ0) is 11.1. The Balaban J connectivity index is 2.51. The van der Waals surface area contributed by atoms with Crippen LogP contribution in [0.5, 0.6) is 0 Å². The van der Waals surface area contributed by atoms with Crippen LogP contribution in [-0.4, -0.2) is 12.6 Å². The fraction of sp³-hybridized carbons (Fsp3) is 0.250. The Kier molecular flexibility index (Phi) is 4.73. The van der Waals surface area contributed by atoms with E-state index < -0.39 is 0 Å². The summed E-state index contributed by atoms with van der Waals surface area (Å²) in [5.41, 5.74) is 0.837. The van der Waals surface area contributed by atoms with E-state index in [1.54, 1.807) is 31.2 Å². The van der Waals surface area contributed by atoms with Crippen molar-refractivity contribution in [2.45, 2.75) is 13.3 Å². The molecular formula is C12H11ClO2. The molecule has 0 saturated carbocycles. The number of ether oxygens (including phenoxy) is 1. The number of benzene rings is 1. The first-order chi connectivity index (χ1) is 7.22. The third kappa shape index (κ3) is 4.53. The fourth-order valence-corrected chi connectivity index (χ4v) is 1.09. The van der Waals surface area contributed by atoms with Gasteiger partial charge >= 0.3 is 5.97 Å². The molecule has 0 fully saturated rings. The molecule has 0 amide bonds. The number of rotatable bonds is 2. The maximum absolute atomic E-state index is 10.9. The second-order valence-corrected chi connectivity index (χ2v) is 3.23. The first-order valence-corrected chi connectivity index (χ1v) is 5.00. The monoisotopic (exact) mass is 222 g/mol. The van der Waals surface area contributed by atoms with Gasteiger partial charge in [-0.1, -0.05) is 23.4 Å². The number of halogens is 1. The van der Waals surface area contributed by atoms with Gasteiger partial charge in [0, 0.05) is 10.6 Å². The Morgan fingerprint density at radius 1 is 1.40 bits per heavy atom. The zero-order valence-corrected chi connectivity index (χ0v) is 9.17. The number of carbonyl (C=O) groups excluding carboxylic acids is 1. The van der Waals surface area contributed by atoms with Gasteiger partial charge in [-0.05, 0) is 31.2 Å². The molecule has 0 unspecified atom stereocenters.